The van der Waals surface area contributed by atoms with Crippen molar-refractivity contribution in [1.29, 1.82) is 0 Å². The molecule has 5 heteroatoms. The number of nitrogens with zero attached hydrogens (tertiary/aromatic N) is 3. The molecular formula is C15H16N4O. The SMILES string of the molecule is O=C1CCCN1c1ccc(CNc2ncccn2)cc1. The minimum Gasteiger partial charge on any atom is -0.350 e. The van der Waals surface area contributed by atoms with Gasteiger partial charge in [-0.15, -0.1) is 0 Å². The number of amides is 1. The molecule has 1 aliphatic rings. The molecule has 1 saturated heterocycles. The van der Waals surface area contributed by atoms with Crippen molar-refractivity contribution in [3.8, 4) is 0 Å². The molecule has 1 amide bonds. The number of anilines is 2. The average Bonchev–Trinajstić information content (AvgIpc) is 2.93. The standard InChI is InChI=1S/C15H16N4O/c20-14-3-1-10-19(14)13-6-4-12(5-7-13)11-18-15-16-8-2-9-17-15/h2,4-9H,1,3,10-11H2,(H,16,17,18). The summed E-state index contributed by atoms with van der Waals surface area (Å²) in [6, 6.07) is 9.82. The molecule has 3 rings (SSSR count). The van der Waals surface area contributed by atoms with Crippen LogP contribution in [0.5, 0.6) is 0 Å². The second kappa shape index (κ2) is 5.69. The second-order valence-corrected chi connectivity index (χ2v) is 4.74. The van der Waals surface area contributed by atoms with Crippen LogP contribution in [-0.2, 0) is 11.3 Å². The zero-order chi connectivity index (χ0) is 13.8. The van der Waals surface area contributed by atoms with E-state index < -0.39 is 0 Å². The monoisotopic (exact) mass is 268 g/mol. The van der Waals surface area contributed by atoms with Gasteiger partial charge in [0.1, 0.15) is 0 Å². The van der Waals surface area contributed by atoms with E-state index >= 15 is 0 Å². The largest absolute Gasteiger partial charge is 0.350 e. The highest BCUT2D eigenvalue weighted by atomic mass is 16.2. The number of carbonyl (C=O) groups is 1. The van der Waals surface area contributed by atoms with Crippen LogP contribution in [0.4, 0.5) is 11.6 Å². The number of benzene rings is 1. The van der Waals surface area contributed by atoms with Gasteiger partial charge in [0.15, 0.2) is 0 Å². The van der Waals surface area contributed by atoms with Crippen molar-refractivity contribution in [2.75, 3.05) is 16.8 Å². The van der Waals surface area contributed by atoms with Gasteiger partial charge in [0.05, 0.1) is 0 Å². The molecule has 5 nitrogen and oxygen atoms in total. The Kier molecular flexibility index (Phi) is 3.58. The molecule has 1 fully saturated rings. The van der Waals surface area contributed by atoms with E-state index in [1.807, 2.05) is 29.2 Å². The predicted octanol–water partition coefficient (Wildman–Crippen LogP) is 2.22. The molecule has 0 spiro atoms. The van der Waals surface area contributed by atoms with Gasteiger partial charge in [-0.2, -0.15) is 0 Å². The van der Waals surface area contributed by atoms with Crippen molar-refractivity contribution < 1.29 is 4.79 Å². The smallest absolute Gasteiger partial charge is 0.227 e. The first-order valence-electron chi connectivity index (χ1n) is 6.73. The summed E-state index contributed by atoms with van der Waals surface area (Å²) in [6.07, 6.45) is 5.02. The Morgan fingerprint density at radius 3 is 2.55 bits per heavy atom. The van der Waals surface area contributed by atoms with E-state index in [0.717, 1.165) is 24.2 Å². The summed E-state index contributed by atoms with van der Waals surface area (Å²) in [4.78, 5) is 21.7. The lowest BCUT2D eigenvalue weighted by Crippen LogP contribution is -2.23. The third kappa shape index (κ3) is 2.77. The highest BCUT2D eigenvalue weighted by Gasteiger charge is 2.21. The van der Waals surface area contributed by atoms with Crippen LogP contribution in [0, 0.1) is 0 Å². The van der Waals surface area contributed by atoms with Gasteiger partial charge in [0.2, 0.25) is 11.9 Å². The van der Waals surface area contributed by atoms with Crippen LogP contribution in [-0.4, -0.2) is 22.4 Å². The molecular weight excluding hydrogens is 252 g/mol. The van der Waals surface area contributed by atoms with E-state index in [0.29, 0.717) is 18.9 Å². The van der Waals surface area contributed by atoms with E-state index in [1.165, 1.54) is 0 Å². The van der Waals surface area contributed by atoms with E-state index in [1.54, 1.807) is 18.5 Å². The molecule has 0 atom stereocenters. The van der Waals surface area contributed by atoms with Crippen molar-refractivity contribution in [2.45, 2.75) is 19.4 Å². The average molecular weight is 268 g/mol. The maximum atomic E-state index is 11.7. The Balaban J connectivity index is 1.63. The molecule has 2 aromatic rings. The molecule has 0 radical (unpaired) electrons. The zero-order valence-corrected chi connectivity index (χ0v) is 11.1. The minimum atomic E-state index is 0.216. The van der Waals surface area contributed by atoms with Crippen LogP contribution >= 0.6 is 0 Å². The Morgan fingerprint density at radius 2 is 1.90 bits per heavy atom. The molecule has 1 aliphatic heterocycles. The molecule has 0 bridgehead atoms. The number of nitrogens with one attached hydrogen (secondary N) is 1. The molecule has 2 heterocycles. The van der Waals surface area contributed by atoms with Crippen molar-refractivity contribution in [2.24, 2.45) is 0 Å². The molecule has 0 aliphatic carbocycles. The first-order chi connectivity index (χ1) is 9.83. The van der Waals surface area contributed by atoms with Crippen molar-refractivity contribution >= 4 is 17.5 Å². The number of aromatic nitrogens is 2. The maximum absolute atomic E-state index is 11.7. The zero-order valence-electron chi connectivity index (χ0n) is 11.1. The minimum absolute atomic E-state index is 0.216. The predicted molar refractivity (Wildman–Crippen MR) is 77.4 cm³/mol. The van der Waals surface area contributed by atoms with Crippen LogP contribution in [0.3, 0.4) is 0 Å². The van der Waals surface area contributed by atoms with Crippen LogP contribution in [0.2, 0.25) is 0 Å². The van der Waals surface area contributed by atoms with Gasteiger partial charge in [-0.25, -0.2) is 9.97 Å². The Labute approximate surface area is 117 Å². The molecule has 1 aromatic heterocycles. The summed E-state index contributed by atoms with van der Waals surface area (Å²) < 4.78 is 0. The lowest BCUT2D eigenvalue weighted by atomic mass is 10.2. The van der Waals surface area contributed by atoms with Gasteiger partial charge in [0, 0.05) is 37.6 Å². The summed E-state index contributed by atoms with van der Waals surface area (Å²) in [6.45, 7) is 1.49. The first-order valence-corrected chi connectivity index (χ1v) is 6.73. The number of hydrogen-bond acceptors (Lipinski definition) is 4. The van der Waals surface area contributed by atoms with E-state index in [2.05, 4.69) is 15.3 Å². The highest BCUT2D eigenvalue weighted by molar-refractivity contribution is 5.95. The van der Waals surface area contributed by atoms with Crippen molar-refractivity contribution in [3.05, 3.63) is 48.3 Å². The van der Waals surface area contributed by atoms with Crippen LogP contribution in [0.15, 0.2) is 42.7 Å². The third-order valence-electron chi connectivity index (χ3n) is 3.34. The first kappa shape index (κ1) is 12.6. The fourth-order valence-corrected chi connectivity index (χ4v) is 2.29. The second-order valence-electron chi connectivity index (χ2n) is 4.74. The summed E-state index contributed by atoms with van der Waals surface area (Å²) in [5, 5.41) is 3.16. The molecule has 1 N–H and O–H groups in total. The normalized spacial score (nSPS) is 14.6. The van der Waals surface area contributed by atoms with E-state index in [4.69, 9.17) is 0 Å². The third-order valence-corrected chi connectivity index (χ3v) is 3.34. The Morgan fingerprint density at radius 1 is 1.15 bits per heavy atom. The van der Waals surface area contributed by atoms with Gasteiger partial charge >= 0.3 is 0 Å². The van der Waals surface area contributed by atoms with Gasteiger partial charge in [-0.3, -0.25) is 4.79 Å². The van der Waals surface area contributed by atoms with Gasteiger partial charge < -0.3 is 10.2 Å². The summed E-state index contributed by atoms with van der Waals surface area (Å²) in [5.41, 5.74) is 2.11. The number of carbonyl (C=O) groups excluding carboxylic acids is 1. The molecule has 102 valence electrons. The maximum Gasteiger partial charge on any atom is 0.227 e. The summed E-state index contributed by atoms with van der Waals surface area (Å²) in [7, 11) is 0. The lowest BCUT2D eigenvalue weighted by molar-refractivity contribution is -0.117. The molecule has 0 unspecified atom stereocenters. The molecule has 20 heavy (non-hydrogen) atoms. The Bertz CT molecular complexity index is 583. The van der Waals surface area contributed by atoms with E-state index in [-0.39, 0.29) is 5.91 Å². The van der Waals surface area contributed by atoms with Gasteiger partial charge in [0.25, 0.3) is 0 Å². The Hall–Kier alpha value is -2.43. The topological polar surface area (TPSA) is 58.1 Å². The van der Waals surface area contributed by atoms with Crippen LogP contribution in [0.1, 0.15) is 18.4 Å². The fraction of sp³-hybridized carbons (Fsp3) is 0.267. The van der Waals surface area contributed by atoms with Gasteiger partial charge in [-0.05, 0) is 30.2 Å². The van der Waals surface area contributed by atoms with Gasteiger partial charge in [-0.1, -0.05) is 12.1 Å². The lowest BCUT2D eigenvalue weighted by Gasteiger charge is -2.16. The van der Waals surface area contributed by atoms with Crippen LogP contribution in [0.25, 0.3) is 0 Å². The van der Waals surface area contributed by atoms with E-state index in [9.17, 15) is 4.79 Å². The number of hydrogen-bond donors (Lipinski definition) is 1. The van der Waals surface area contributed by atoms with Crippen LogP contribution < -0.4 is 10.2 Å². The number of rotatable bonds is 4. The van der Waals surface area contributed by atoms with Crippen molar-refractivity contribution in [3.63, 3.8) is 0 Å². The fourth-order valence-electron chi connectivity index (χ4n) is 2.29. The molecule has 0 saturated carbocycles. The quantitative estimate of drug-likeness (QED) is 0.923. The summed E-state index contributed by atoms with van der Waals surface area (Å²) in [5.74, 6) is 0.833. The highest BCUT2D eigenvalue weighted by Crippen LogP contribution is 2.21. The molecule has 1 aromatic carbocycles. The van der Waals surface area contributed by atoms with Crippen molar-refractivity contribution in [1.82, 2.24) is 9.97 Å². The summed E-state index contributed by atoms with van der Waals surface area (Å²) >= 11 is 0.